The summed E-state index contributed by atoms with van der Waals surface area (Å²) in [6, 6.07) is 0. The van der Waals surface area contributed by atoms with Gasteiger partial charge in [-0.15, -0.1) is 0 Å². The summed E-state index contributed by atoms with van der Waals surface area (Å²) in [6.45, 7) is 5.03. The molecule has 2 fully saturated rings. The number of hydrogen-bond donors (Lipinski definition) is 1. The van der Waals surface area contributed by atoms with E-state index >= 15 is 0 Å². The Morgan fingerprint density at radius 1 is 0.846 bits per heavy atom. The Labute approximate surface area is 81.1 Å². The third-order valence-electron chi connectivity index (χ3n) is 3.78. The van der Waals surface area contributed by atoms with Crippen LogP contribution in [0.3, 0.4) is 0 Å². The van der Waals surface area contributed by atoms with E-state index in [4.69, 9.17) is 0 Å². The summed E-state index contributed by atoms with van der Waals surface area (Å²) in [7, 11) is 0. The number of hydrogen-bond acceptors (Lipinski definition) is 1. The molecule has 0 aromatic rings. The van der Waals surface area contributed by atoms with Crippen LogP contribution in [0.25, 0.3) is 0 Å². The Bertz CT molecular complexity index is 161. The molecular weight excluding hydrogens is 162 g/mol. The first-order valence-electron chi connectivity index (χ1n) is 5.84. The highest BCUT2D eigenvalue weighted by Crippen LogP contribution is 2.24. The predicted octanol–water partition coefficient (Wildman–Crippen LogP) is 1.53. The number of quaternary nitrogens is 1. The number of aliphatic hydroxyl groups is 1. The van der Waals surface area contributed by atoms with Crippen LogP contribution >= 0.6 is 0 Å². The summed E-state index contributed by atoms with van der Waals surface area (Å²) in [5, 5.41) is 9.70. The molecule has 0 amide bonds. The second-order valence-corrected chi connectivity index (χ2v) is 4.91. The molecule has 13 heavy (non-hydrogen) atoms. The average Bonchev–Trinajstić information content (AvgIpc) is 2.31. The second kappa shape index (κ2) is 3.97. The van der Waals surface area contributed by atoms with Crippen molar-refractivity contribution < 1.29 is 9.59 Å². The molecule has 76 valence electrons. The maximum Gasteiger partial charge on any atom is 0.105 e. The molecule has 0 aromatic heterocycles. The van der Waals surface area contributed by atoms with Gasteiger partial charge in [0, 0.05) is 0 Å². The van der Waals surface area contributed by atoms with Gasteiger partial charge < -0.3 is 9.59 Å². The fraction of sp³-hybridized carbons (Fsp3) is 1.00. The molecular formula is C11H22NO+. The van der Waals surface area contributed by atoms with Gasteiger partial charge in [0.1, 0.15) is 12.6 Å². The molecule has 0 saturated carbocycles. The summed E-state index contributed by atoms with van der Waals surface area (Å²) in [6.07, 6.45) is 7.86. The van der Waals surface area contributed by atoms with Gasteiger partial charge in [-0.1, -0.05) is 0 Å². The molecule has 2 nitrogen and oxygen atoms in total. The van der Waals surface area contributed by atoms with Gasteiger partial charge in [-0.05, 0) is 38.5 Å². The first kappa shape index (κ1) is 9.47. The van der Waals surface area contributed by atoms with Crippen LogP contribution in [0.15, 0.2) is 0 Å². The van der Waals surface area contributed by atoms with Crippen molar-refractivity contribution in [3.8, 4) is 0 Å². The fourth-order valence-corrected chi connectivity index (χ4v) is 3.06. The van der Waals surface area contributed by atoms with Crippen LogP contribution in [-0.4, -0.2) is 41.9 Å². The van der Waals surface area contributed by atoms with Crippen molar-refractivity contribution >= 4 is 0 Å². The maximum atomic E-state index is 9.70. The molecule has 1 N–H and O–H groups in total. The van der Waals surface area contributed by atoms with E-state index in [1.54, 1.807) is 0 Å². The fourth-order valence-electron chi connectivity index (χ4n) is 3.06. The Morgan fingerprint density at radius 3 is 2.08 bits per heavy atom. The lowest BCUT2D eigenvalue weighted by atomic mass is 10.0. The molecule has 2 heteroatoms. The Morgan fingerprint density at radius 2 is 1.46 bits per heavy atom. The Kier molecular flexibility index (Phi) is 2.89. The van der Waals surface area contributed by atoms with Crippen LogP contribution in [0.1, 0.15) is 38.5 Å². The first-order chi connectivity index (χ1) is 6.31. The molecule has 2 aliphatic rings. The average molecular weight is 184 g/mol. The lowest BCUT2D eigenvalue weighted by Gasteiger charge is -2.42. The minimum atomic E-state index is -0.00755. The molecule has 1 spiro atoms. The lowest BCUT2D eigenvalue weighted by Crippen LogP contribution is -2.56. The summed E-state index contributed by atoms with van der Waals surface area (Å²) < 4.78 is 1.24. The Balaban J connectivity index is 1.99. The summed E-state index contributed by atoms with van der Waals surface area (Å²) >= 11 is 0. The van der Waals surface area contributed by atoms with E-state index < -0.39 is 0 Å². The van der Waals surface area contributed by atoms with E-state index in [2.05, 4.69) is 0 Å². The number of rotatable bonds is 0. The van der Waals surface area contributed by atoms with Crippen LogP contribution in [0.2, 0.25) is 0 Å². The monoisotopic (exact) mass is 184 g/mol. The van der Waals surface area contributed by atoms with Crippen molar-refractivity contribution in [1.29, 1.82) is 0 Å². The number of aliphatic hydroxyl groups excluding tert-OH is 1. The standard InChI is InChI=1S/C11H22NO/c13-11-6-5-9-12(10-11)7-3-1-2-4-8-12/h11,13H,1-10H2/q+1. The van der Waals surface area contributed by atoms with Crippen LogP contribution in [0.4, 0.5) is 0 Å². The SMILES string of the molecule is OC1CCC[N+]2(CCCCCC2)C1. The van der Waals surface area contributed by atoms with Crippen LogP contribution in [-0.2, 0) is 0 Å². The van der Waals surface area contributed by atoms with Gasteiger partial charge in [-0.3, -0.25) is 0 Å². The smallest absolute Gasteiger partial charge is 0.105 e. The largest absolute Gasteiger partial charge is 0.387 e. The van der Waals surface area contributed by atoms with Gasteiger partial charge in [0.05, 0.1) is 19.6 Å². The minimum Gasteiger partial charge on any atom is -0.387 e. The highest BCUT2D eigenvalue weighted by molar-refractivity contribution is 4.65. The third kappa shape index (κ3) is 2.23. The van der Waals surface area contributed by atoms with Gasteiger partial charge in [-0.2, -0.15) is 0 Å². The molecule has 0 bridgehead atoms. The Hall–Kier alpha value is -0.0800. The van der Waals surface area contributed by atoms with E-state index in [0.29, 0.717) is 0 Å². The third-order valence-corrected chi connectivity index (χ3v) is 3.78. The van der Waals surface area contributed by atoms with Gasteiger partial charge in [-0.25, -0.2) is 0 Å². The molecule has 1 unspecified atom stereocenters. The number of piperidine rings is 1. The zero-order valence-electron chi connectivity index (χ0n) is 8.54. The van der Waals surface area contributed by atoms with Gasteiger partial charge in [0.25, 0.3) is 0 Å². The second-order valence-electron chi connectivity index (χ2n) is 4.91. The maximum absolute atomic E-state index is 9.70. The van der Waals surface area contributed by atoms with Crippen LogP contribution in [0.5, 0.6) is 0 Å². The minimum absolute atomic E-state index is 0.00755. The normalized spacial score (nSPS) is 34.4. The predicted molar refractivity (Wildman–Crippen MR) is 53.4 cm³/mol. The zero-order valence-corrected chi connectivity index (χ0v) is 8.54. The van der Waals surface area contributed by atoms with Crippen molar-refractivity contribution in [3.63, 3.8) is 0 Å². The molecule has 2 saturated heterocycles. The van der Waals surface area contributed by atoms with E-state index in [1.807, 2.05) is 0 Å². The van der Waals surface area contributed by atoms with Gasteiger partial charge in [0.2, 0.25) is 0 Å². The molecule has 0 aromatic carbocycles. The summed E-state index contributed by atoms with van der Waals surface area (Å²) in [5.74, 6) is 0. The van der Waals surface area contributed by atoms with E-state index in [0.717, 1.165) is 13.0 Å². The molecule has 0 aliphatic carbocycles. The van der Waals surface area contributed by atoms with Gasteiger partial charge in [0.15, 0.2) is 0 Å². The topological polar surface area (TPSA) is 20.2 Å². The van der Waals surface area contributed by atoms with Crippen LogP contribution < -0.4 is 0 Å². The van der Waals surface area contributed by atoms with E-state index in [1.165, 1.54) is 56.2 Å². The summed E-state index contributed by atoms with van der Waals surface area (Å²) in [5.41, 5.74) is 0. The van der Waals surface area contributed by atoms with Crippen molar-refractivity contribution in [2.45, 2.75) is 44.6 Å². The quantitative estimate of drug-likeness (QED) is 0.566. The van der Waals surface area contributed by atoms with Crippen molar-refractivity contribution in [3.05, 3.63) is 0 Å². The highest BCUT2D eigenvalue weighted by atomic mass is 16.3. The van der Waals surface area contributed by atoms with Crippen molar-refractivity contribution in [2.24, 2.45) is 0 Å². The van der Waals surface area contributed by atoms with E-state index in [9.17, 15) is 5.11 Å². The van der Waals surface area contributed by atoms with Crippen LogP contribution in [0, 0.1) is 0 Å². The van der Waals surface area contributed by atoms with E-state index in [-0.39, 0.29) is 6.10 Å². The first-order valence-corrected chi connectivity index (χ1v) is 5.84. The lowest BCUT2D eigenvalue weighted by molar-refractivity contribution is -0.934. The summed E-state index contributed by atoms with van der Waals surface area (Å²) in [4.78, 5) is 0. The molecule has 0 radical (unpaired) electrons. The van der Waals surface area contributed by atoms with Crippen molar-refractivity contribution in [2.75, 3.05) is 26.2 Å². The van der Waals surface area contributed by atoms with Gasteiger partial charge >= 0.3 is 0 Å². The molecule has 2 heterocycles. The molecule has 1 atom stereocenters. The van der Waals surface area contributed by atoms with Crippen molar-refractivity contribution in [1.82, 2.24) is 0 Å². The molecule has 2 rings (SSSR count). The zero-order chi connectivity index (χ0) is 9.15. The molecule has 2 aliphatic heterocycles. The number of nitrogens with zero attached hydrogens (tertiary/aromatic N) is 1. The highest BCUT2D eigenvalue weighted by Gasteiger charge is 2.34.